The third kappa shape index (κ3) is 3.91. The van der Waals surface area contributed by atoms with Crippen LogP contribution in [-0.4, -0.2) is 64.9 Å². The molecule has 1 aromatic rings. The lowest BCUT2D eigenvalue weighted by Gasteiger charge is -2.47. The van der Waals surface area contributed by atoms with Gasteiger partial charge < -0.3 is 25.7 Å². The van der Waals surface area contributed by atoms with Gasteiger partial charge in [0, 0.05) is 25.2 Å². The van der Waals surface area contributed by atoms with Gasteiger partial charge in [-0.1, -0.05) is 6.07 Å². The SMILES string of the molecule is NC1(CN2CC(Oc3ccc(CC[B]O)c(O)c3C(=O)O)C2)CCC1. The average Bonchev–Trinajstić information content (AvgIpc) is 2.50. The number of nitrogens with two attached hydrogens (primary N) is 1. The summed E-state index contributed by atoms with van der Waals surface area (Å²) < 4.78 is 5.80. The van der Waals surface area contributed by atoms with Crippen molar-refractivity contribution in [3.8, 4) is 11.5 Å². The minimum Gasteiger partial charge on any atom is -0.507 e. The third-order valence-electron chi connectivity index (χ3n) is 5.09. The van der Waals surface area contributed by atoms with E-state index in [0.29, 0.717) is 31.4 Å². The van der Waals surface area contributed by atoms with E-state index in [4.69, 9.17) is 15.5 Å². The number of aromatic carboxylic acids is 1. The fourth-order valence-corrected chi connectivity index (χ4v) is 3.48. The maximum atomic E-state index is 11.5. The summed E-state index contributed by atoms with van der Waals surface area (Å²) in [5.41, 5.74) is 6.42. The van der Waals surface area contributed by atoms with Crippen LogP contribution in [0.3, 0.4) is 0 Å². The van der Waals surface area contributed by atoms with Gasteiger partial charge in [0.25, 0.3) is 7.48 Å². The van der Waals surface area contributed by atoms with Crippen molar-refractivity contribution in [1.82, 2.24) is 4.90 Å². The van der Waals surface area contributed by atoms with Crippen molar-refractivity contribution in [3.63, 3.8) is 0 Å². The second-order valence-electron chi connectivity index (χ2n) is 7.12. The van der Waals surface area contributed by atoms with Crippen molar-refractivity contribution in [2.45, 2.75) is 43.6 Å². The molecule has 0 amide bonds. The number of benzene rings is 1. The fraction of sp³-hybridized carbons (Fsp3) is 0.588. The van der Waals surface area contributed by atoms with E-state index in [1.165, 1.54) is 6.42 Å². The number of carbonyl (C=O) groups is 1. The molecule has 1 saturated carbocycles. The molecule has 25 heavy (non-hydrogen) atoms. The molecule has 0 spiro atoms. The van der Waals surface area contributed by atoms with E-state index < -0.39 is 5.97 Å². The van der Waals surface area contributed by atoms with Crippen molar-refractivity contribution in [3.05, 3.63) is 23.3 Å². The van der Waals surface area contributed by atoms with Crippen LogP contribution in [0.25, 0.3) is 0 Å². The number of likely N-dealkylation sites (tertiary alicyclic amines) is 1. The van der Waals surface area contributed by atoms with Gasteiger partial charge in [0.1, 0.15) is 23.2 Å². The molecule has 1 heterocycles. The van der Waals surface area contributed by atoms with E-state index in [0.717, 1.165) is 26.9 Å². The molecule has 0 aromatic heterocycles. The second kappa shape index (κ2) is 7.23. The molecule has 1 aromatic carbocycles. The van der Waals surface area contributed by atoms with E-state index in [2.05, 4.69) is 4.90 Å². The van der Waals surface area contributed by atoms with Crippen molar-refractivity contribution in [1.29, 1.82) is 0 Å². The van der Waals surface area contributed by atoms with Gasteiger partial charge in [0.05, 0.1) is 0 Å². The summed E-state index contributed by atoms with van der Waals surface area (Å²) >= 11 is 0. The van der Waals surface area contributed by atoms with Gasteiger partial charge >= 0.3 is 5.97 Å². The van der Waals surface area contributed by atoms with Gasteiger partial charge in [-0.25, -0.2) is 4.79 Å². The summed E-state index contributed by atoms with van der Waals surface area (Å²) in [5, 5.41) is 28.4. The smallest absolute Gasteiger partial charge is 0.343 e. The molecule has 2 aliphatic rings. The lowest BCUT2D eigenvalue weighted by Crippen LogP contribution is -2.62. The molecule has 3 rings (SSSR count). The zero-order valence-electron chi connectivity index (χ0n) is 14.1. The Morgan fingerprint density at radius 1 is 1.40 bits per heavy atom. The van der Waals surface area contributed by atoms with Gasteiger partial charge in [-0.2, -0.15) is 0 Å². The maximum absolute atomic E-state index is 11.5. The minimum absolute atomic E-state index is 0.0686. The number of hydrogen-bond donors (Lipinski definition) is 4. The van der Waals surface area contributed by atoms with Crippen LogP contribution in [0.5, 0.6) is 11.5 Å². The Bertz CT molecular complexity index is 644. The lowest BCUT2D eigenvalue weighted by atomic mass is 9.77. The molecule has 0 unspecified atom stereocenters. The van der Waals surface area contributed by atoms with Crippen molar-refractivity contribution in [2.75, 3.05) is 19.6 Å². The predicted molar refractivity (Wildman–Crippen MR) is 93.2 cm³/mol. The fourth-order valence-electron chi connectivity index (χ4n) is 3.48. The van der Waals surface area contributed by atoms with Crippen LogP contribution in [0.15, 0.2) is 12.1 Å². The van der Waals surface area contributed by atoms with Crippen molar-refractivity contribution in [2.24, 2.45) is 5.73 Å². The summed E-state index contributed by atoms with van der Waals surface area (Å²) in [6.07, 6.45) is 3.89. The normalized spacial score (nSPS) is 19.8. The van der Waals surface area contributed by atoms with Crippen LogP contribution >= 0.6 is 0 Å². The first-order valence-electron chi connectivity index (χ1n) is 8.64. The van der Waals surface area contributed by atoms with Crippen LogP contribution in [0.1, 0.15) is 35.2 Å². The summed E-state index contributed by atoms with van der Waals surface area (Å²) in [5.74, 6) is -1.34. The van der Waals surface area contributed by atoms with Crippen LogP contribution < -0.4 is 10.5 Å². The maximum Gasteiger partial charge on any atom is 0.343 e. The highest BCUT2D eigenvalue weighted by atomic mass is 16.5. The Labute approximate surface area is 147 Å². The molecule has 1 saturated heterocycles. The zero-order valence-corrected chi connectivity index (χ0v) is 14.1. The summed E-state index contributed by atoms with van der Waals surface area (Å²) in [6, 6.07) is 3.22. The number of ether oxygens (including phenoxy) is 1. The number of aryl methyl sites for hydroxylation is 1. The van der Waals surface area contributed by atoms with Gasteiger partial charge in [-0.15, -0.1) is 0 Å². The number of carboxylic acids is 1. The quantitative estimate of drug-likeness (QED) is 0.509. The summed E-state index contributed by atoms with van der Waals surface area (Å²) in [6.45, 7) is 2.26. The van der Waals surface area contributed by atoms with E-state index in [9.17, 15) is 15.0 Å². The number of rotatable bonds is 8. The Morgan fingerprint density at radius 2 is 2.12 bits per heavy atom. The Hall–Kier alpha value is -1.77. The monoisotopic (exact) mass is 347 g/mol. The van der Waals surface area contributed by atoms with Crippen LogP contribution in [0.2, 0.25) is 6.32 Å². The molecule has 135 valence electrons. The molecule has 1 radical (unpaired) electrons. The predicted octanol–water partition coefficient (Wildman–Crippen LogP) is 0.607. The topological polar surface area (TPSA) is 116 Å². The highest BCUT2D eigenvalue weighted by Gasteiger charge is 2.39. The molecule has 5 N–H and O–H groups in total. The van der Waals surface area contributed by atoms with Gasteiger partial charge in [-0.3, -0.25) is 4.90 Å². The van der Waals surface area contributed by atoms with Gasteiger partial charge in [-0.05, 0) is 43.6 Å². The molecule has 2 fully saturated rings. The van der Waals surface area contributed by atoms with E-state index in [1.54, 1.807) is 12.1 Å². The van der Waals surface area contributed by atoms with E-state index in [1.807, 2.05) is 0 Å². The second-order valence-corrected chi connectivity index (χ2v) is 7.12. The first-order chi connectivity index (χ1) is 11.9. The zero-order chi connectivity index (χ0) is 18.0. The molecule has 0 atom stereocenters. The number of hydrogen-bond acceptors (Lipinski definition) is 6. The van der Waals surface area contributed by atoms with Crippen molar-refractivity contribution >= 4 is 13.5 Å². The number of nitrogens with zero attached hydrogens (tertiary/aromatic N) is 1. The standard InChI is InChI=1S/C17H24BN2O5/c19-17(5-1-6-17)10-20-8-12(9-20)25-13-3-2-11(4-7-18-24)15(21)14(13)16(22)23/h2-3,12,21,24H,1,4-10,19H2,(H,22,23). The Kier molecular flexibility index (Phi) is 5.22. The highest BCUT2D eigenvalue weighted by molar-refractivity contribution is 6.25. The molecular weight excluding hydrogens is 323 g/mol. The number of aromatic hydroxyl groups is 1. The van der Waals surface area contributed by atoms with Crippen LogP contribution in [-0.2, 0) is 6.42 Å². The number of carboxylic acid groups (broad SMARTS) is 1. The third-order valence-corrected chi connectivity index (χ3v) is 5.09. The van der Waals surface area contributed by atoms with E-state index >= 15 is 0 Å². The average molecular weight is 347 g/mol. The van der Waals surface area contributed by atoms with Crippen LogP contribution in [0, 0.1) is 0 Å². The van der Waals surface area contributed by atoms with E-state index in [-0.39, 0.29) is 28.7 Å². The first-order valence-corrected chi connectivity index (χ1v) is 8.64. The van der Waals surface area contributed by atoms with Gasteiger partial charge in [0.15, 0.2) is 0 Å². The number of phenols is 1. The highest BCUT2D eigenvalue weighted by Crippen LogP contribution is 2.35. The first kappa shape index (κ1) is 18.0. The Morgan fingerprint density at radius 3 is 2.68 bits per heavy atom. The molecule has 1 aliphatic heterocycles. The minimum atomic E-state index is -1.23. The van der Waals surface area contributed by atoms with Gasteiger partial charge in [0.2, 0.25) is 0 Å². The van der Waals surface area contributed by atoms with Crippen molar-refractivity contribution < 1.29 is 24.8 Å². The molecule has 1 aliphatic carbocycles. The molecule has 0 bridgehead atoms. The molecule has 7 nitrogen and oxygen atoms in total. The lowest BCUT2D eigenvalue weighted by molar-refractivity contribution is -0.00522. The summed E-state index contributed by atoms with van der Waals surface area (Å²) in [7, 11) is 0.986. The summed E-state index contributed by atoms with van der Waals surface area (Å²) in [4.78, 5) is 13.7. The molecular formula is C17H24BN2O5. The molecule has 8 heteroatoms. The Balaban J connectivity index is 1.62. The largest absolute Gasteiger partial charge is 0.507 e. The van der Waals surface area contributed by atoms with Crippen LogP contribution in [0.4, 0.5) is 0 Å².